The Morgan fingerprint density at radius 3 is 2.14 bits per heavy atom. The van der Waals surface area contributed by atoms with Gasteiger partial charge in [-0.25, -0.2) is 0 Å². The highest BCUT2D eigenvalue weighted by Crippen LogP contribution is 2.17. The molecular formula is C16H16ClNO3. The Morgan fingerprint density at radius 1 is 1.10 bits per heavy atom. The van der Waals surface area contributed by atoms with E-state index >= 15 is 0 Å². The molecule has 1 unspecified atom stereocenters. The van der Waals surface area contributed by atoms with Gasteiger partial charge in [-0.15, -0.1) is 0 Å². The van der Waals surface area contributed by atoms with Crippen molar-refractivity contribution in [3.05, 3.63) is 64.7 Å². The lowest BCUT2D eigenvalue weighted by Gasteiger charge is -2.10. The molecule has 5 heteroatoms. The van der Waals surface area contributed by atoms with Gasteiger partial charge in [-0.05, 0) is 48.5 Å². The Bertz CT molecular complexity index is 596. The molecule has 3 N–H and O–H groups in total. The zero-order valence-corrected chi connectivity index (χ0v) is 12.1. The molecule has 1 atom stereocenters. The zero-order chi connectivity index (χ0) is 15.2. The average molecular weight is 306 g/mol. The van der Waals surface area contributed by atoms with E-state index < -0.39 is 6.10 Å². The first kappa shape index (κ1) is 15.5. The Balaban J connectivity index is 2.04. The van der Waals surface area contributed by atoms with Gasteiger partial charge in [0.25, 0.3) is 0 Å². The minimum atomic E-state index is -0.694. The monoisotopic (exact) mass is 305 g/mol. The van der Waals surface area contributed by atoms with E-state index in [0.717, 1.165) is 0 Å². The second-order valence-electron chi connectivity index (χ2n) is 4.56. The molecule has 4 nitrogen and oxygen atoms in total. The second-order valence-corrected chi connectivity index (χ2v) is 5.00. The van der Waals surface area contributed by atoms with Crippen molar-refractivity contribution in [2.45, 2.75) is 6.10 Å². The quantitative estimate of drug-likeness (QED) is 0.803. The van der Waals surface area contributed by atoms with E-state index in [-0.39, 0.29) is 18.9 Å². The van der Waals surface area contributed by atoms with Crippen LogP contribution >= 0.6 is 11.6 Å². The Kier molecular flexibility index (Phi) is 5.33. The number of nitrogens with two attached hydrogens (primary N) is 1. The molecule has 0 radical (unpaired) electrons. The fourth-order valence-corrected chi connectivity index (χ4v) is 1.86. The molecule has 2 aromatic rings. The maximum atomic E-state index is 12.2. The van der Waals surface area contributed by atoms with Crippen LogP contribution in [0.5, 0.6) is 5.75 Å². The summed E-state index contributed by atoms with van der Waals surface area (Å²) in [5.41, 5.74) is 6.43. The van der Waals surface area contributed by atoms with E-state index in [0.29, 0.717) is 21.9 Å². The molecule has 0 aliphatic heterocycles. The highest BCUT2D eigenvalue weighted by molar-refractivity contribution is 6.30. The number of rotatable bonds is 6. The van der Waals surface area contributed by atoms with Crippen molar-refractivity contribution in [2.24, 2.45) is 5.73 Å². The molecule has 0 aromatic heterocycles. The van der Waals surface area contributed by atoms with E-state index in [1.165, 1.54) is 0 Å². The van der Waals surface area contributed by atoms with Crippen LogP contribution in [0.25, 0.3) is 0 Å². The molecule has 2 rings (SSSR count). The zero-order valence-electron chi connectivity index (χ0n) is 11.3. The Morgan fingerprint density at radius 2 is 1.62 bits per heavy atom. The van der Waals surface area contributed by atoms with Crippen LogP contribution in [0.4, 0.5) is 0 Å². The lowest BCUT2D eigenvalue weighted by molar-refractivity contribution is 0.103. The number of hydrogen-bond donors (Lipinski definition) is 2. The predicted molar refractivity (Wildman–Crippen MR) is 81.9 cm³/mol. The van der Waals surface area contributed by atoms with Gasteiger partial charge in [-0.2, -0.15) is 0 Å². The van der Waals surface area contributed by atoms with Crippen LogP contribution in [0.3, 0.4) is 0 Å². The van der Waals surface area contributed by atoms with Crippen molar-refractivity contribution >= 4 is 17.4 Å². The highest BCUT2D eigenvalue weighted by atomic mass is 35.5. The molecule has 0 aliphatic rings. The van der Waals surface area contributed by atoms with E-state index in [2.05, 4.69) is 0 Å². The number of ether oxygens (including phenoxy) is 1. The maximum absolute atomic E-state index is 12.2. The number of aliphatic hydroxyl groups excluding tert-OH is 1. The number of hydrogen-bond acceptors (Lipinski definition) is 4. The summed E-state index contributed by atoms with van der Waals surface area (Å²) in [7, 11) is 0. The van der Waals surface area contributed by atoms with Gasteiger partial charge in [-0.1, -0.05) is 11.6 Å². The molecule has 2 aromatic carbocycles. The van der Waals surface area contributed by atoms with Gasteiger partial charge in [0.15, 0.2) is 5.78 Å². The molecule has 0 heterocycles. The summed E-state index contributed by atoms with van der Waals surface area (Å²) in [4.78, 5) is 12.2. The van der Waals surface area contributed by atoms with Crippen LogP contribution < -0.4 is 10.5 Å². The normalized spacial score (nSPS) is 12.0. The predicted octanol–water partition coefficient (Wildman–Crippen LogP) is 2.27. The number of carbonyl (C=O) groups excluding carboxylic acids is 1. The van der Waals surface area contributed by atoms with Crippen molar-refractivity contribution in [3.63, 3.8) is 0 Å². The van der Waals surface area contributed by atoms with Gasteiger partial charge >= 0.3 is 0 Å². The first-order valence-electron chi connectivity index (χ1n) is 6.51. The summed E-state index contributed by atoms with van der Waals surface area (Å²) in [5.74, 6) is 0.496. The molecule has 0 aliphatic carbocycles. The van der Waals surface area contributed by atoms with Crippen molar-refractivity contribution in [3.8, 4) is 5.75 Å². The number of ketones is 1. The smallest absolute Gasteiger partial charge is 0.193 e. The van der Waals surface area contributed by atoms with Gasteiger partial charge in [0, 0.05) is 22.7 Å². The standard InChI is InChI=1S/C16H16ClNO3/c17-13-5-1-11(2-6-13)16(20)12-3-7-15(8-4-12)21-10-14(19)9-18/h1-8,14,19H,9-10,18H2. The van der Waals surface area contributed by atoms with Crippen molar-refractivity contribution in [2.75, 3.05) is 13.2 Å². The summed E-state index contributed by atoms with van der Waals surface area (Å²) in [6.45, 7) is 0.272. The topological polar surface area (TPSA) is 72.6 Å². The van der Waals surface area contributed by atoms with Crippen LogP contribution in [0, 0.1) is 0 Å². The average Bonchev–Trinajstić information content (AvgIpc) is 2.53. The third-order valence-corrected chi connectivity index (χ3v) is 3.19. The van der Waals surface area contributed by atoms with E-state index in [1.807, 2.05) is 0 Å². The molecule has 0 saturated carbocycles. The largest absolute Gasteiger partial charge is 0.491 e. The third-order valence-electron chi connectivity index (χ3n) is 2.94. The maximum Gasteiger partial charge on any atom is 0.193 e. The third kappa shape index (κ3) is 4.29. The Labute approximate surface area is 128 Å². The number of halogens is 1. The summed E-state index contributed by atoms with van der Waals surface area (Å²) < 4.78 is 5.36. The van der Waals surface area contributed by atoms with Crippen molar-refractivity contribution in [1.29, 1.82) is 0 Å². The summed E-state index contributed by atoms with van der Waals surface area (Å²) in [6.07, 6.45) is -0.694. The number of aliphatic hydroxyl groups is 1. The first-order chi connectivity index (χ1) is 10.1. The van der Waals surface area contributed by atoms with Crippen molar-refractivity contribution in [1.82, 2.24) is 0 Å². The van der Waals surface area contributed by atoms with E-state index in [9.17, 15) is 9.90 Å². The molecule has 0 amide bonds. The minimum absolute atomic E-state index is 0.0831. The molecule has 110 valence electrons. The van der Waals surface area contributed by atoms with Gasteiger partial charge in [0.1, 0.15) is 18.5 Å². The molecule has 0 spiro atoms. The van der Waals surface area contributed by atoms with Crippen LogP contribution in [-0.2, 0) is 0 Å². The Hall–Kier alpha value is -1.88. The number of carbonyl (C=O) groups is 1. The van der Waals surface area contributed by atoms with Gasteiger partial charge in [-0.3, -0.25) is 4.79 Å². The van der Waals surface area contributed by atoms with E-state index in [1.54, 1.807) is 48.5 Å². The van der Waals surface area contributed by atoms with Gasteiger partial charge in [0.05, 0.1) is 0 Å². The highest BCUT2D eigenvalue weighted by Gasteiger charge is 2.09. The summed E-state index contributed by atoms with van der Waals surface area (Å²) >= 11 is 5.80. The second kappa shape index (κ2) is 7.22. The first-order valence-corrected chi connectivity index (χ1v) is 6.89. The lowest BCUT2D eigenvalue weighted by atomic mass is 10.0. The van der Waals surface area contributed by atoms with Gasteiger partial charge < -0.3 is 15.6 Å². The molecule has 0 saturated heterocycles. The molecule has 0 bridgehead atoms. The molecular weight excluding hydrogens is 290 g/mol. The number of benzene rings is 2. The SMILES string of the molecule is NCC(O)COc1ccc(C(=O)c2ccc(Cl)cc2)cc1. The van der Waals surface area contributed by atoms with Crippen LogP contribution in [0.1, 0.15) is 15.9 Å². The fourth-order valence-electron chi connectivity index (χ4n) is 1.73. The summed E-state index contributed by atoms with van der Waals surface area (Å²) in [5, 5.41) is 9.91. The summed E-state index contributed by atoms with van der Waals surface area (Å²) in [6, 6.07) is 13.5. The minimum Gasteiger partial charge on any atom is -0.491 e. The fraction of sp³-hybridized carbons (Fsp3) is 0.188. The van der Waals surface area contributed by atoms with Crippen LogP contribution in [0.2, 0.25) is 5.02 Å². The lowest BCUT2D eigenvalue weighted by Crippen LogP contribution is -2.26. The molecule has 21 heavy (non-hydrogen) atoms. The molecule has 0 fully saturated rings. The van der Waals surface area contributed by atoms with Crippen molar-refractivity contribution < 1.29 is 14.6 Å². The van der Waals surface area contributed by atoms with E-state index in [4.69, 9.17) is 22.1 Å². The van der Waals surface area contributed by atoms with Gasteiger partial charge in [0.2, 0.25) is 0 Å². The van der Waals surface area contributed by atoms with Crippen LogP contribution in [-0.4, -0.2) is 30.1 Å². The van der Waals surface area contributed by atoms with Crippen LogP contribution in [0.15, 0.2) is 48.5 Å².